The first-order chi connectivity index (χ1) is 13.0. The Bertz CT molecular complexity index is 998. The number of hydrogen-bond donors (Lipinski definition) is 2. The summed E-state index contributed by atoms with van der Waals surface area (Å²) in [6.07, 6.45) is 1.37. The fourth-order valence-electron chi connectivity index (χ4n) is 2.64. The number of amides is 2. The first kappa shape index (κ1) is 18.3. The van der Waals surface area contributed by atoms with Gasteiger partial charge >= 0.3 is 0 Å². The van der Waals surface area contributed by atoms with E-state index in [0.717, 1.165) is 11.1 Å². The van der Waals surface area contributed by atoms with E-state index in [1.54, 1.807) is 6.07 Å². The molecular formula is C21H18FN3O2. The molecule has 2 aromatic carbocycles. The summed E-state index contributed by atoms with van der Waals surface area (Å²) in [4.78, 5) is 28.9. The third-order valence-electron chi connectivity index (χ3n) is 4.10. The van der Waals surface area contributed by atoms with Crippen molar-refractivity contribution in [2.75, 3.05) is 10.6 Å². The quantitative estimate of drug-likeness (QED) is 0.724. The Morgan fingerprint density at radius 3 is 2.30 bits per heavy atom. The van der Waals surface area contributed by atoms with Crippen LogP contribution in [0, 0.1) is 19.7 Å². The molecule has 0 bridgehead atoms. The zero-order chi connectivity index (χ0) is 19.4. The van der Waals surface area contributed by atoms with Gasteiger partial charge in [0, 0.05) is 17.4 Å². The fourth-order valence-corrected chi connectivity index (χ4v) is 2.64. The fraction of sp³-hybridized carbons (Fsp3) is 0.0952. The highest BCUT2D eigenvalue weighted by Crippen LogP contribution is 2.20. The van der Waals surface area contributed by atoms with Crippen molar-refractivity contribution < 1.29 is 14.0 Å². The number of halogens is 1. The number of carbonyl (C=O) groups is 2. The highest BCUT2D eigenvalue weighted by Gasteiger charge is 2.15. The molecule has 0 fully saturated rings. The third kappa shape index (κ3) is 4.17. The summed E-state index contributed by atoms with van der Waals surface area (Å²) in [7, 11) is 0. The van der Waals surface area contributed by atoms with Crippen LogP contribution in [0.15, 0.2) is 60.8 Å². The standard InChI is InChI=1S/C21H18FN3O2/c1-13-6-5-7-14(2)19(13)25-21(27)18-12-15(10-11-23-18)20(26)24-17-9-4-3-8-16(17)22/h3-12H,1-2H3,(H,24,26)(H,25,27). The molecule has 6 heteroatoms. The number of rotatable bonds is 4. The summed E-state index contributed by atoms with van der Waals surface area (Å²) < 4.78 is 13.7. The molecular weight excluding hydrogens is 345 g/mol. The van der Waals surface area contributed by atoms with Gasteiger partial charge in [0.2, 0.25) is 0 Å². The predicted octanol–water partition coefficient (Wildman–Crippen LogP) is 4.34. The Hall–Kier alpha value is -3.54. The number of nitrogens with one attached hydrogen (secondary N) is 2. The summed E-state index contributed by atoms with van der Waals surface area (Å²) in [5.74, 6) is -1.48. The molecule has 0 saturated carbocycles. The molecule has 3 aromatic rings. The number of carbonyl (C=O) groups excluding carboxylic acids is 2. The van der Waals surface area contributed by atoms with E-state index in [4.69, 9.17) is 0 Å². The van der Waals surface area contributed by atoms with E-state index in [9.17, 15) is 14.0 Å². The number of nitrogens with zero attached hydrogens (tertiary/aromatic N) is 1. The Kier molecular flexibility index (Phi) is 5.26. The number of aromatic nitrogens is 1. The van der Waals surface area contributed by atoms with Crippen LogP contribution in [0.4, 0.5) is 15.8 Å². The van der Waals surface area contributed by atoms with E-state index in [-0.39, 0.29) is 16.9 Å². The molecule has 1 heterocycles. The first-order valence-corrected chi connectivity index (χ1v) is 8.35. The van der Waals surface area contributed by atoms with Crippen molar-refractivity contribution in [2.45, 2.75) is 13.8 Å². The molecule has 0 spiro atoms. The lowest BCUT2D eigenvalue weighted by Crippen LogP contribution is -2.18. The summed E-state index contributed by atoms with van der Waals surface area (Å²) in [5.41, 5.74) is 2.94. The molecule has 0 aliphatic heterocycles. The van der Waals surface area contributed by atoms with Gasteiger partial charge in [-0.2, -0.15) is 0 Å². The molecule has 0 atom stereocenters. The van der Waals surface area contributed by atoms with E-state index in [0.29, 0.717) is 5.69 Å². The van der Waals surface area contributed by atoms with Crippen molar-refractivity contribution in [1.82, 2.24) is 4.98 Å². The molecule has 3 rings (SSSR count). The van der Waals surface area contributed by atoms with Crippen LogP contribution in [0.25, 0.3) is 0 Å². The van der Waals surface area contributed by atoms with E-state index in [2.05, 4.69) is 15.6 Å². The van der Waals surface area contributed by atoms with Gasteiger partial charge in [0.25, 0.3) is 11.8 Å². The largest absolute Gasteiger partial charge is 0.320 e. The molecule has 5 nitrogen and oxygen atoms in total. The van der Waals surface area contributed by atoms with Crippen molar-refractivity contribution in [1.29, 1.82) is 0 Å². The second kappa shape index (κ2) is 7.78. The molecule has 2 N–H and O–H groups in total. The summed E-state index contributed by atoms with van der Waals surface area (Å²) >= 11 is 0. The lowest BCUT2D eigenvalue weighted by molar-refractivity contribution is 0.102. The maximum Gasteiger partial charge on any atom is 0.274 e. The number of pyridine rings is 1. The summed E-state index contributed by atoms with van der Waals surface area (Å²) in [5, 5.41) is 5.31. The highest BCUT2D eigenvalue weighted by molar-refractivity contribution is 6.08. The second-order valence-electron chi connectivity index (χ2n) is 6.08. The van der Waals surface area contributed by atoms with Crippen molar-refractivity contribution in [3.05, 3.63) is 89.0 Å². The highest BCUT2D eigenvalue weighted by atomic mass is 19.1. The molecule has 0 aliphatic rings. The molecule has 0 saturated heterocycles. The van der Waals surface area contributed by atoms with Gasteiger partial charge in [-0.05, 0) is 49.2 Å². The zero-order valence-electron chi connectivity index (χ0n) is 14.9. The normalized spacial score (nSPS) is 10.3. The van der Waals surface area contributed by atoms with Gasteiger partial charge in [-0.15, -0.1) is 0 Å². The van der Waals surface area contributed by atoms with E-state index < -0.39 is 17.6 Å². The van der Waals surface area contributed by atoms with Gasteiger partial charge in [0.1, 0.15) is 11.5 Å². The molecule has 1 aromatic heterocycles. The van der Waals surface area contributed by atoms with Gasteiger partial charge < -0.3 is 10.6 Å². The van der Waals surface area contributed by atoms with E-state index >= 15 is 0 Å². The van der Waals surface area contributed by atoms with Gasteiger partial charge in [-0.3, -0.25) is 14.6 Å². The minimum absolute atomic E-state index is 0.0702. The molecule has 136 valence electrons. The summed E-state index contributed by atoms with van der Waals surface area (Å²) in [6, 6.07) is 14.4. The first-order valence-electron chi connectivity index (χ1n) is 8.35. The predicted molar refractivity (Wildman–Crippen MR) is 102 cm³/mol. The van der Waals surface area contributed by atoms with Crippen LogP contribution in [0.1, 0.15) is 32.0 Å². The van der Waals surface area contributed by atoms with Gasteiger partial charge in [0.15, 0.2) is 0 Å². The monoisotopic (exact) mass is 363 g/mol. The third-order valence-corrected chi connectivity index (χ3v) is 4.10. The van der Waals surface area contributed by atoms with Crippen molar-refractivity contribution in [2.24, 2.45) is 0 Å². The lowest BCUT2D eigenvalue weighted by atomic mass is 10.1. The maximum atomic E-state index is 13.7. The van der Waals surface area contributed by atoms with Gasteiger partial charge in [-0.25, -0.2) is 4.39 Å². The minimum atomic E-state index is -0.534. The molecule has 0 unspecified atom stereocenters. The van der Waals surface area contributed by atoms with Crippen LogP contribution in [0.2, 0.25) is 0 Å². The van der Waals surface area contributed by atoms with E-state index in [1.165, 1.54) is 36.5 Å². The molecule has 0 radical (unpaired) electrons. The summed E-state index contributed by atoms with van der Waals surface area (Å²) in [6.45, 7) is 3.79. The Morgan fingerprint density at radius 1 is 0.889 bits per heavy atom. The Morgan fingerprint density at radius 2 is 1.59 bits per heavy atom. The lowest BCUT2D eigenvalue weighted by Gasteiger charge is -2.11. The zero-order valence-corrected chi connectivity index (χ0v) is 14.9. The van der Waals surface area contributed by atoms with E-state index in [1.807, 2.05) is 32.0 Å². The number of benzene rings is 2. The van der Waals surface area contributed by atoms with Gasteiger partial charge in [0.05, 0.1) is 5.69 Å². The maximum absolute atomic E-state index is 13.7. The van der Waals surface area contributed by atoms with Crippen LogP contribution in [0.3, 0.4) is 0 Å². The van der Waals surface area contributed by atoms with Crippen LogP contribution in [-0.4, -0.2) is 16.8 Å². The Balaban J connectivity index is 1.80. The van der Waals surface area contributed by atoms with Crippen molar-refractivity contribution >= 4 is 23.2 Å². The van der Waals surface area contributed by atoms with Crippen molar-refractivity contribution in [3.8, 4) is 0 Å². The average Bonchev–Trinajstić information content (AvgIpc) is 2.66. The number of aryl methyl sites for hydroxylation is 2. The molecule has 0 aliphatic carbocycles. The van der Waals surface area contributed by atoms with Crippen LogP contribution >= 0.6 is 0 Å². The van der Waals surface area contributed by atoms with Crippen LogP contribution in [0.5, 0.6) is 0 Å². The smallest absolute Gasteiger partial charge is 0.274 e. The minimum Gasteiger partial charge on any atom is -0.320 e. The SMILES string of the molecule is Cc1cccc(C)c1NC(=O)c1cc(C(=O)Nc2ccccc2F)ccn1. The topological polar surface area (TPSA) is 71.1 Å². The average molecular weight is 363 g/mol. The van der Waals surface area contributed by atoms with Gasteiger partial charge in [-0.1, -0.05) is 30.3 Å². The second-order valence-corrected chi connectivity index (χ2v) is 6.08. The molecule has 2 amide bonds. The van der Waals surface area contributed by atoms with Crippen LogP contribution < -0.4 is 10.6 Å². The number of hydrogen-bond acceptors (Lipinski definition) is 3. The Labute approximate surface area is 156 Å². The van der Waals surface area contributed by atoms with Crippen molar-refractivity contribution in [3.63, 3.8) is 0 Å². The number of para-hydroxylation sites is 2. The molecule has 27 heavy (non-hydrogen) atoms. The van der Waals surface area contributed by atoms with Crippen LogP contribution in [-0.2, 0) is 0 Å². The number of anilines is 2.